The number of anilines is 1. The molecule has 1 N–H and O–H groups in total. The van der Waals surface area contributed by atoms with E-state index in [9.17, 15) is 9.59 Å². The summed E-state index contributed by atoms with van der Waals surface area (Å²) in [7, 11) is 0. The minimum atomic E-state index is -0.302. The Morgan fingerprint density at radius 3 is 2.43 bits per heavy atom. The van der Waals surface area contributed by atoms with Gasteiger partial charge in [0.2, 0.25) is 0 Å². The Hall–Kier alpha value is -2.13. The van der Waals surface area contributed by atoms with E-state index in [-0.39, 0.29) is 11.9 Å². The Bertz CT molecular complexity index is 880. The predicted molar refractivity (Wildman–Crippen MR) is 127 cm³/mol. The van der Waals surface area contributed by atoms with Gasteiger partial charge in [-0.1, -0.05) is 25.1 Å². The number of hydrogen-bond acceptors (Lipinski definition) is 3. The molecular formula is C23H28IN3O3. The number of carbonyl (C=O) groups excluding carboxylic acids is 2. The second-order valence-electron chi connectivity index (χ2n) is 7.59. The van der Waals surface area contributed by atoms with Gasteiger partial charge in [0.25, 0.3) is 5.91 Å². The highest BCUT2D eigenvalue weighted by Gasteiger charge is 2.24. The number of nitrogens with zero attached hydrogens (tertiary/aromatic N) is 2. The number of piperidine rings is 1. The van der Waals surface area contributed by atoms with E-state index in [4.69, 9.17) is 0 Å². The van der Waals surface area contributed by atoms with Crippen LogP contribution in [0.25, 0.3) is 0 Å². The standard InChI is InChI=1S/C23H28IN3O3/c1-3-19-15-21(12-7-17(19)2)27(23(29)26-13-5-4-6-14-26)16-18-8-10-20(11-9-18)22(28)25-30-24/h7-12,15H,3-6,13-14,16H2,1-2H3,(H,25,28). The molecule has 0 radical (unpaired) electrons. The van der Waals surface area contributed by atoms with Gasteiger partial charge in [-0.05, 0) is 73.6 Å². The van der Waals surface area contributed by atoms with Crippen LogP contribution in [-0.4, -0.2) is 29.9 Å². The molecular weight excluding hydrogens is 493 g/mol. The average Bonchev–Trinajstić information content (AvgIpc) is 2.78. The van der Waals surface area contributed by atoms with E-state index >= 15 is 0 Å². The minimum Gasteiger partial charge on any atom is -0.324 e. The van der Waals surface area contributed by atoms with Crippen LogP contribution in [0.3, 0.4) is 0 Å². The van der Waals surface area contributed by atoms with Crippen LogP contribution in [0.1, 0.15) is 53.2 Å². The zero-order valence-corrected chi connectivity index (χ0v) is 19.6. The van der Waals surface area contributed by atoms with Gasteiger partial charge in [0.15, 0.2) is 0 Å². The van der Waals surface area contributed by atoms with Gasteiger partial charge in [0.05, 0.1) is 6.54 Å². The summed E-state index contributed by atoms with van der Waals surface area (Å²) in [6.45, 7) is 6.29. The van der Waals surface area contributed by atoms with Crippen LogP contribution >= 0.6 is 23.0 Å². The summed E-state index contributed by atoms with van der Waals surface area (Å²) in [6, 6.07) is 13.5. The quantitative estimate of drug-likeness (QED) is 0.421. The third-order valence-electron chi connectivity index (χ3n) is 5.57. The zero-order valence-electron chi connectivity index (χ0n) is 17.5. The Morgan fingerprint density at radius 1 is 1.10 bits per heavy atom. The number of rotatable bonds is 6. The minimum absolute atomic E-state index is 0.0423. The Labute approximate surface area is 192 Å². The van der Waals surface area contributed by atoms with Gasteiger partial charge in [0, 0.05) is 24.3 Å². The summed E-state index contributed by atoms with van der Waals surface area (Å²) in [4.78, 5) is 29.1. The summed E-state index contributed by atoms with van der Waals surface area (Å²) in [5.74, 6) is -0.302. The molecule has 0 unspecified atom stereocenters. The number of hydroxylamine groups is 1. The van der Waals surface area contributed by atoms with Crippen LogP contribution < -0.4 is 10.4 Å². The molecule has 0 saturated carbocycles. The largest absolute Gasteiger partial charge is 0.324 e. The van der Waals surface area contributed by atoms with Gasteiger partial charge >= 0.3 is 6.03 Å². The van der Waals surface area contributed by atoms with E-state index in [0.717, 1.165) is 43.6 Å². The van der Waals surface area contributed by atoms with E-state index in [0.29, 0.717) is 12.1 Å². The van der Waals surface area contributed by atoms with Gasteiger partial charge in [0.1, 0.15) is 23.0 Å². The molecule has 1 fully saturated rings. The number of nitrogens with one attached hydrogen (secondary N) is 1. The number of likely N-dealkylation sites (tertiary alicyclic amines) is 1. The van der Waals surface area contributed by atoms with Crippen LogP contribution in [0.4, 0.5) is 10.5 Å². The van der Waals surface area contributed by atoms with Gasteiger partial charge < -0.3 is 4.90 Å². The van der Waals surface area contributed by atoms with Gasteiger partial charge in [-0.25, -0.2) is 13.4 Å². The number of carbonyl (C=O) groups is 2. The molecule has 2 aromatic carbocycles. The molecule has 0 spiro atoms. The number of benzene rings is 2. The Kier molecular flexibility index (Phi) is 8.09. The monoisotopic (exact) mass is 521 g/mol. The Balaban J connectivity index is 1.87. The normalized spacial score (nSPS) is 13.8. The van der Waals surface area contributed by atoms with Crippen LogP contribution in [0, 0.1) is 6.92 Å². The SMILES string of the molecule is CCc1cc(N(Cc2ccc(C(=O)NOI)cc2)C(=O)N2CCCCC2)ccc1C. The highest BCUT2D eigenvalue weighted by molar-refractivity contribution is 14.1. The van der Waals surface area contributed by atoms with Crippen molar-refractivity contribution in [1.29, 1.82) is 0 Å². The first-order chi connectivity index (χ1) is 14.5. The Morgan fingerprint density at radius 2 is 1.80 bits per heavy atom. The van der Waals surface area contributed by atoms with E-state index in [1.807, 2.05) is 28.0 Å². The molecule has 1 aliphatic rings. The van der Waals surface area contributed by atoms with Gasteiger partial charge in [-0.2, -0.15) is 0 Å². The van der Waals surface area contributed by atoms with Gasteiger partial charge in [-0.3, -0.25) is 9.69 Å². The molecule has 3 rings (SSSR count). The summed E-state index contributed by atoms with van der Waals surface area (Å²) in [5, 5.41) is 0. The first-order valence-corrected chi connectivity index (χ1v) is 11.2. The molecule has 0 bridgehead atoms. The van der Waals surface area contributed by atoms with E-state index < -0.39 is 0 Å². The summed E-state index contributed by atoms with van der Waals surface area (Å²) in [5.41, 5.74) is 7.17. The molecule has 7 heteroatoms. The van der Waals surface area contributed by atoms with Crippen molar-refractivity contribution >= 4 is 40.6 Å². The smallest absolute Gasteiger partial charge is 0.324 e. The average molecular weight is 521 g/mol. The topological polar surface area (TPSA) is 61.9 Å². The lowest BCUT2D eigenvalue weighted by atomic mass is 10.0. The first kappa shape index (κ1) is 22.6. The fourth-order valence-corrected chi connectivity index (χ4v) is 3.97. The van der Waals surface area contributed by atoms with Crippen molar-refractivity contribution in [3.8, 4) is 0 Å². The lowest BCUT2D eigenvalue weighted by Gasteiger charge is -2.33. The molecule has 0 atom stereocenters. The predicted octanol–water partition coefficient (Wildman–Crippen LogP) is 5.18. The van der Waals surface area contributed by atoms with E-state index in [2.05, 4.69) is 34.6 Å². The number of amides is 3. The zero-order chi connectivity index (χ0) is 21.5. The van der Waals surface area contributed by atoms with Crippen molar-refractivity contribution in [2.75, 3.05) is 18.0 Å². The highest BCUT2D eigenvalue weighted by atomic mass is 127. The van der Waals surface area contributed by atoms with E-state index in [1.165, 1.54) is 17.5 Å². The van der Waals surface area contributed by atoms with Crippen molar-refractivity contribution in [3.63, 3.8) is 0 Å². The van der Waals surface area contributed by atoms with Crippen molar-refractivity contribution in [2.24, 2.45) is 0 Å². The van der Waals surface area contributed by atoms with Crippen LogP contribution in [0.5, 0.6) is 0 Å². The second-order valence-corrected chi connectivity index (χ2v) is 8.03. The van der Waals surface area contributed by atoms with Gasteiger partial charge in [-0.15, -0.1) is 0 Å². The molecule has 160 valence electrons. The van der Waals surface area contributed by atoms with Crippen molar-refractivity contribution < 1.29 is 12.8 Å². The summed E-state index contributed by atoms with van der Waals surface area (Å²) < 4.78 is 4.65. The molecule has 30 heavy (non-hydrogen) atoms. The molecule has 3 amide bonds. The molecule has 6 nitrogen and oxygen atoms in total. The van der Waals surface area contributed by atoms with Crippen molar-refractivity contribution in [3.05, 3.63) is 64.7 Å². The van der Waals surface area contributed by atoms with Crippen molar-refractivity contribution in [1.82, 2.24) is 10.4 Å². The third-order valence-corrected chi connectivity index (χ3v) is 5.79. The number of aryl methyl sites for hydroxylation is 2. The highest BCUT2D eigenvalue weighted by Crippen LogP contribution is 2.24. The summed E-state index contributed by atoms with van der Waals surface area (Å²) >= 11 is 1.61. The van der Waals surface area contributed by atoms with Crippen LogP contribution in [0.2, 0.25) is 0 Å². The van der Waals surface area contributed by atoms with Crippen molar-refractivity contribution in [2.45, 2.75) is 46.1 Å². The summed E-state index contributed by atoms with van der Waals surface area (Å²) in [6.07, 6.45) is 4.21. The third kappa shape index (κ3) is 5.51. The lowest BCUT2D eigenvalue weighted by molar-refractivity contribution is 0.0829. The molecule has 0 aliphatic carbocycles. The number of hydrogen-bond donors (Lipinski definition) is 1. The number of halogens is 1. The maximum atomic E-state index is 13.4. The molecule has 1 aliphatic heterocycles. The molecule has 1 heterocycles. The van der Waals surface area contributed by atoms with Crippen LogP contribution in [0.15, 0.2) is 42.5 Å². The molecule has 2 aromatic rings. The lowest BCUT2D eigenvalue weighted by Crippen LogP contribution is -2.45. The fraction of sp³-hybridized carbons (Fsp3) is 0.391. The number of urea groups is 1. The van der Waals surface area contributed by atoms with Crippen LogP contribution in [-0.2, 0) is 16.1 Å². The maximum Gasteiger partial charge on any atom is 0.324 e. The molecule has 0 aromatic heterocycles. The maximum absolute atomic E-state index is 13.4. The fourth-order valence-electron chi connectivity index (χ4n) is 3.77. The first-order valence-electron chi connectivity index (χ1n) is 10.4. The second kappa shape index (κ2) is 10.8. The molecule has 1 saturated heterocycles. The van der Waals surface area contributed by atoms with E-state index in [1.54, 1.807) is 35.1 Å².